The van der Waals surface area contributed by atoms with Crippen LogP contribution in [0.2, 0.25) is 0 Å². The van der Waals surface area contributed by atoms with Gasteiger partial charge in [0.25, 0.3) is 0 Å². The van der Waals surface area contributed by atoms with Crippen molar-refractivity contribution in [3.8, 4) is 0 Å². The van der Waals surface area contributed by atoms with Crippen molar-refractivity contribution in [3.05, 3.63) is 35.4 Å². The Morgan fingerprint density at radius 1 is 1.05 bits per heavy atom. The van der Waals surface area contributed by atoms with Crippen molar-refractivity contribution in [3.63, 3.8) is 0 Å². The van der Waals surface area contributed by atoms with Crippen molar-refractivity contribution in [2.75, 3.05) is 6.61 Å². The van der Waals surface area contributed by atoms with Gasteiger partial charge in [0.15, 0.2) is 0 Å². The van der Waals surface area contributed by atoms with Crippen molar-refractivity contribution in [2.45, 2.75) is 60.0 Å². The molecule has 20 heavy (non-hydrogen) atoms. The summed E-state index contributed by atoms with van der Waals surface area (Å²) in [5.41, 5.74) is 2.89. The SMILES string of the molecule is CC(C)Cc1ccc(CNC(CCO)C(C)(C)C)cc1. The third-order valence-electron chi connectivity index (χ3n) is 3.68. The highest BCUT2D eigenvalue weighted by atomic mass is 16.3. The van der Waals surface area contributed by atoms with Crippen LogP contribution >= 0.6 is 0 Å². The lowest BCUT2D eigenvalue weighted by molar-refractivity contribution is 0.196. The van der Waals surface area contributed by atoms with Crippen molar-refractivity contribution >= 4 is 0 Å². The fraction of sp³-hybridized carbons (Fsp3) is 0.667. The molecule has 1 unspecified atom stereocenters. The zero-order valence-electron chi connectivity index (χ0n) is 13.7. The Balaban J connectivity index is 2.55. The van der Waals surface area contributed by atoms with Gasteiger partial charge in [-0.15, -0.1) is 0 Å². The second-order valence-electron chi connectivity index (χ2n) is 7.23. The molecule has 1 aromatic carbocycles. The highest BCUT2D eigenvalue weighted by molar-refractivity contribution is 5.22. The minimum absolute atomic E-state index is 0.167. The van der Waals surface area contributed by atoms with Gasteiger partial charge < -0.3 is 10.4 Å². The van der Waals surface area contributed by atoms with E-state index >= 15 is 0 Å². The van der Waals surface area contributed by atoms with Crippen molar-refractivity contribution in [2.24, 2.45) is 11.3 Å². The molecule has 0 spiro atoms. The molecule has 2 heteroatoms. The van der Waals surface area contributed by atoms with Gasteiger partial charge in [0, 0.05) is 19.2 Å². The summed E-state index contributed by atoms with van der Waals surface area (Å²) in [6, 6.07) is 9.22. The van der Waals surface area contributed by atoms with E-state index in [-0.39, 0.29) is 12.0 Å². The van der Waals surface area contributed by atoms with Gasteiger partial charge in [0.05, 0.1) is 0 Å². The lowest BCUT2D eigenvalue weighted by atomic mass is 9.85. The van der Waals surface area contributed by atoms with Crippen LogP contribution in [0.1, 0.15) is 52.2 Å². The molecule has 0 aliphatic carbocycles. The van der Waals surface area contributed by atoms with Crippen LogP contribution in [-0.4, -0.2) is 17.8 Å². The first-order valence-corrected chi connectivity index (χ1v) is 7.75. The Hall–Kier alpha value is -0.860. The number of benzene rings is 1. The van der Waals surface area contributed by atoms with Gasteiger partial charge in [-0.25, -0.2) is 0 Å². The van der Waals surface area contributed by atoms with Crippen LogP contribution in [0.5, 0.6) is 0 Å². The van der Waals surface area contributed by atoms with Crippen LogP contribution in [0.15, 0.2) is 24.3 Å². The molecule has 1 atom stereocenters. The lowest BCUT2D eigenvalue weighted by Crippen LogP contribution is -2.40. The molecular formula is C18H31NO. The molecule has 0 saturated heterocycles. The van der Waals surface area contributed by atoms with Gasteiger partial charge in [-0.05, 0) is 35.3 Å². The maximum atomic E-state index is 9.18. The first kappa shape index (κ1) is 17.2. The lowest BCUT2D eigenvalue weighted by Gasteiger charge is -2.31. The molecule has 114 valence electrons. The zero-order valence-corrected chi connectivity index (χ0v) is 13.7. The number of nitrogens with one attached hydrogen (secondary N) is 1. The van der Waals surface area contributed by atoms with E-state index in [0.29, 0.717) is 12.0 Å². The highest BCUT2D eigenvalue weighted by Gasteiger charge is 2.23. The van der Waals surface area contributed by atoms with Gasteiger partial charge in [-0.1, -0.05) is 58.9 Å². The normalized spacial score (nSPS) is 13.8. The van der Waals surface area contributed by atoms with Gasteiger partial charge in [0.1, 0.15) is 0 Å². The number of rotatable bonds is 7. The van der Waals surface area contributed by atoms with E-state index in [1.54, 1.807) is 0 Å². The zero-order chi connectivity index (χ0) is 15.2. The Morgan fingerprint density at radius 2 is 1.60 bits per heavy atom. The van der Waals surface area contributed by atoms with E-state index in [0.717, 1.165) is 19.4 Å². The minimum Gasteiger partial charge on any atom is -0.396 e. The minimum atomic E-state index is 0.167. The summed E-state index contributed by atoms with van der Waals surface area (Å²) in [5, 5.41) is 12.8. The molecule has 1 aromatic rings. The molecule has 0 bridgehead atoms. The Morgan fingerprint density at radius 3 is 2.05 bits per heavy atom. The largest absolute Gasteiger partial charge is 0.396 e. The monoisotopic (exact) mass is 277 g/mol. The van der Waals surface area contributed by atoms with Gasteiger partial charge >= 0.3 is 0 Å². The highest BCUT2D eigenvalue weighted by Crippen LogP contribution is 2.22. The summed E-state index contributed by atoms with van der Waals surface area (Å²) in [4.78, 5) is 0. The first-order valence-electron chi connectivity index (χ1n) is 7.75. The topological polar surface area (TPSA) is 32.3 Å². The summed E-state index contributed by atoms with van der Waals surface area (Å²) in [7, 11) is 0. The molecular weight excluding hydrogens is 246 g/mol. The molecule has 0 aliphatic rings. The standard InChI is InChI=1S/C18H31NO/c1-14(2)12-15-6-8-16(9-7-15)13-19-17(10-11-20)18(3,4)5/h6-9,14,17,19-20H,10-13H2,1-5H3. The van der Waals surface area contributed by atoms with E-state index in [2.05, 4.69) is 64.2 Å². The molecule has 0 saturated carbocycles. The van der Waals surface area contributed by atoms with Crippen LogP contribution in [0, 0.1) is 11.3 Å². The maximum Gasteiger partial charge on any atom is 0.0446 e. The number of aliphatic hydroxyl groups is 1. The number of hydrogen-bond acceptors (Lipinski definition) is 2. The third-order valence-corrected chi connectivity index (χ3v) is 3.68. The Labute approximate surface area is 124 Å². The summed E-state index contributed by atoms with van der Waals surface area (Å²) >= 11 is 0. The number of hydrogen-bond donors (Lipinski definition) is 2. The summed E-state index contributed by atoms with van der Waals surface area (Å²) in [6.07, 6.45) is 1.94. The first-order chi connectivity index (χ1) is 9.32. The van der Waals surface area contributed by atoms with Crippen LogP contribution in [0.3, 0.4) is 0 Å². The molecule has 0 aliphatic heterocycles. The van der Waals surface area contributed by atoms with E-state index in [1.807, 2.05) is 0 Å². The molecule has 2 N–H and O–H groups in total. The van der Waals surface area contributed by atoms with E-state index in [9.17, 15) is 5.11 Å². The van der Waals surface area contributed by atoms with E-state index in [1.165, 1.54) is 11.1 Å². The Kier molecular flexibility index (Phi) is 6.70. The van der Waals surface area contributed by atoms with E-state index in [4.69, 9.17) is 0 Å². The molecule has 1 rings (SSSR count). The third kappa shape index (κ3) is 6.06. The van der Waals surface area contributed by atoms with Gasteiger partial charge in [0.2, 0.25) is 0 Å². The Bertz CT molecular complexity index is 375. The average molecular weight is 277 g/mol. The van der Waals surface area contributed by atoms with Crippen LogP contribution in [-0.2, 0) is 13.0 Å². The molecule has 0 aromatic heterocycles. The summed E-state index contributed by atoms with van der Waals surface area (Å²) in [6.45, 7) is 12.2. The maximum absolute atomic E-state index is 9.18. The molecule has 0 fully saturated rings. The quantitative estimate of drug-likeness (QED) is 0.795. The predicted octanol–water partition coefficient (Wildman–Crippen LogP) is 3.77. The van der Waals surface area contributed by atoms with Gasteiger partial charge in [-0.3, -0.25) is 0 Å². The molecule has 0 amide bonds. The number of aliphatic hydroxyl groups excluding tert-OH is 1. The smallest absolute Gasteiger partial charge is 0.0446 e. The van der Waals surface area contributed by atoms with Gasteiger partial charge in [-0.2, -0.15) is 0 Å². The molecule has 0 radical (unpaired) electrons. The fourth-order valence-electron chi connectivity index (χ4n) is 2.48. The van der Waals surface area contributed by atoms with Crippen LogP contribution in [0.4, 0.5) is 0 Å². The molecule has 2 nitrogen and oxygen atoms in total. The second kappa shape index (κ2) is 7.80. The van der Waals surface area contributed by atoms with E-state index < -0.39 is 0 Å². The van der Waals surface area contributed by atoms with Crippen molar-refractivity contribution < 1.29 is 5.11 Å². The second-order valence-corrected chi connectivity index (χ2v) is 7.23. The summed E-state index contributed by atoms with van der Waals surface area (Å²) < 4.78 is 0. The van der Waals surface area contributed by atoms with Crippen molar-refractivity contribution in [1.29, 1.82) is 0 Å². The average Bonchev–Trinajstić information content (AvgIpc) is 2.34. The fourth-order valence-corrected chi connectivity index (χ4v) is 2.48. The predicted molar refractivity (Wildman–Crippen MR) is 86.8 cm³/mol. The van der Waals surface area contributed by atoms with Crippen LogP contribution in [0.25, 0.3) is 0 Å². The summed E-state index contributed by atoms with van der Waals surface area (Å²) in [5.74, 6) is 0.703. The molecule has 0 heterocycles. The van der Waals surface area contributed by atoms with Crippen LogP contribution < -0.4 is 5.32 Å². The van der Waals surface area contributed by atoms with Crippen molar-refractivity contribution in [1.82, 2.24) is 5.32 Å².